The summed E-state index contributed by atoms with van der Waals surface area (Å²) in [6, 6.07) is 14.4. The van der Waals surface area contributed by atoms with Crippen molar-refractivity contribution >= 4 is 11.3 Å². The normalized spacial score (nSPS) is 16.0. The Hall–Kier alpha value is -1.97. The fraction of sp³-hybridized carbons (Fsp3) is 0.0588. The van der Waals surface area contributed by atoms with Crippen molar-refractivity contribution in [1.29, 1.82) is 0 Å². The lowest BCUT2D eigenvalue weighted by Gasteiger charge is -2.14. The Morgan fingerprint density at radius 3 is 2.60 bits per heavy atom. The highest BCUT2D eigenvalue weighted by Crippen LogP contribution is 2.47. The smallest absolute Gasteiger partial charge is 0.123 e. The third-order valence-corrected chi connectivity index (χ3v) is 4.71. The maximum Gasteiger partial charge on any atom is 0.123 e. The Kier molecular flexibility index (Phi) is 2.52. The van der Waals surface area contributed by atoms with Gasteiger partial charge >= 0.3 is 0 Å². The number of thiophene rings is 1. The van der Waals surface area contributed by atoms with Crippen molar-refractivity contribution in [3.63, 3.8) is 0 Å². The van der Waals surface area contributed by atoms with Gasteiger partial charge in [-0.05, 0) is 45.8 Å². The molecule has 0 aliphatic heterocycles. The number of aliphatic hydroxyl groups excluding tert-OH is 1. The Bertz CT molecular complexity index is 806. The molecule has 1 heterocycles. The molecule has 0 spiro atoms. The summed E-state index contributed by atoms with van der Waals surface area (Å²) in [5.74, 6) is -0.279. The molecular weight excluding hydrogens is 271 g/mol. The highest BCUT2D eigenvalue weighted by Gasteiger charge is 2.26. The fourth-order valence-electron chi connectivity index (χ4n) is 2.84. The average molecular weight is 282 g/mol. The molecule has 0 radical (unpaired) electrons. The zero-order chi connectivity index (χ0) is 13.7. The third-order valence-electron chi connectivity index (χ3n) is 3.77. The molecule has 20 heavy (non-hydrogen) atoms. The first-order valence-electron chi connectivity index (χ1n) is 6.40. The minimum absolute atomic E-state index is 0.279. The van der Waals surface area contributed by atoms with Crippen LogP contribution in [0.4, 0.5) is 4.39 Å². The number of rotatable bonds is 0. The summed E-state index contributed by atoms with van der Waals surface area (Å²) in [5.41, 5.74) is 4.44. The highest BCUT2D eigenvalue weighted by molar-refractivity contribution is 7.14. The van der Waals surface area contributed by atoms with Crippen LogP contribution >= 0.6 is 11.3 Å². The van der Waals surface area contributed by atoms with Crippen molar-refractivity contribution in [2.75, 3.05) is 0 Å². The van der Waals surface area contributed by atoms with Crippen LogP contribution in [0.3, 0.4) is 0 Å². The molecule has 3 heteroatoms. The Balaban J connectivity index is 2.14. The van der Waals surface area contributed by atoms with Crippen molar-refractivity contribution in [1.82, 2.24) is 0 Å². The molecular formula is C17H11FOS. The molecule has 4 rings (SSSR count). The van der Waals surface area contributed by atoms with Crippen LogP contribution in [0.2, 0.25) is 0 Å². The molecule has 2 aromatic carbocycles. The molecule has 1 nitrogen and oxygen atoms in total. The molecule has 1 unspecified atom stereocenters. The van der Waals surface area contributed by atoms with E-state index >= 15 is 0 Å². The zero-order valence-corrected chi connectivity index (χ0v) is 11.3. The van der Waals surface area contributed by atoms with E-state index in [4.69, 9.17) is 0 Å². The average Bonchev–Trinajstić information content (AvgIpc) is 2.92. The zero-order valence-electron chi connectivity index (χ0n) is 10.5. The van der Waals surface area contributed by atoms with Gasteiger partial charge in [-0.1, -0.05) is 30.3 Å². The van der Waals surface area contributed by atoms with Gasteiger partial charge in [-0.3, -0.25) is 0 Å². The molecule has 1 aliphatic rings. The van der Waals surface area contributed by atoms with Crippen LogP contribution in [-0.4, -0.2) is 5.11 Å². The standard InChI is InChI=1S/C17H11FOS/c18-10-5-6-12-15(9-10)14-7-8-20-17(14)13-4-2-1-3-11(13)16(12)19/h1-9,16,19H. The highest BCUT2D eigenvalue weighted by atomic mass is 32.1. The summed E-state index contributed by atoms with van der Waals surface area (Å²) in [6.45, 7) is 0. The molecule has 0 saturated heterocycles. The number of benzene rings is 2. The van der Waals surface area contributed by atoms with Gasteiger partial charge in [0.05, 0.1) is 0 Å². The van der Waals surface area contributed by atoms with Gasteiger partial charge in [0.2, 0.25) is 0 Å². The first kappa shape index (κ1) is 11.8. The molecule has 1 N–H and O–H groups in total. The minimum atomic E-state index is -0.721. The summed E-state index contributed by atoms with van der Waals surface area (Å²) < 4.78 is 13.6. The molecule has 1 aromatic heterocycles. The van der Waals surface area contributed by atoms with Gasteiger partial charge in [-0.15, -0.1) is 11.3 Å². The van der Waals surface area contributed by atoms with Gasteiger partial charge in [0.25, 0.3) is 0 Å². The van der Waals surface area contributed by atoms with Crippen molar-refractivity contribution in [2.45, 2.75) is 6.10 Å². The van der Waals surface area contributed by atoms with Crippen LogP contribution in [-0.2, 0) is 0 Å². The van der Waals surface area contributed by atoms with Gasteiger partial charge in [0.15, 0.2) is 0 Å². The lowest BCUT2D eigenvalue weighted by atomic mass is 9.96. The third kappa shape index (κ3) is 1.57. The predicted octanol–water partition coefficient (Wildman–Crippen LogP) is 4.62. The van der Waals surface area contributed by atoms with Crippen molar-refractivity contribution < 1.29 is 9.50 Å². The molecule has 0 bridgehead atoms. The van der Waals surface area contributed by atoms with Gasteiger partial charge in [0, 0.05) is 10.4 Å². The molecule has 1 atom stereocenters. The number of fused-ring (bicyclic) bond motifs is 5. The lowest BCUT2D eigenvalue weighted by molar-refractivity contribution is 0.221. The molecule has 0 amide bonds. The van der Waals surface area contributed by atoms with Crippen LogP contribution in [0.5, 0.6) is 0 Å². The van der Waals surface area contributed by atoms with Crippen LogP contribution < -0.4 is 0 Å². The summed E-state index contributed by atoms with van der Waals surface area (Å²) in [4.78, 5) is 1.09. The van der Waals surface area contributed by atoms with Crippen LogP contribution in [0.25, 0.3) is 21.6 Å². The van der Waals surface area contributed by atoms with Crippen molar-refractivity contribution in [3.05, 3.63) is 70.9 Å². The van der Waals surface area contributed by atoms with Crippen molar-refractivity contribution in [3.8, 4) is 21.6 Å². The maximum absolute atomic E-state index is 13.6. The van der Waals surface area contributed by atoms with E-state index in [1.165, 1.54) is 12.1 Å². The maximum atomic E-state index is 13.6. The fourth-order valence-corrected chi connectivity index (χ4v) is 3.80. The largest absolute Gasteiger partial charge is 0.384 e. The molecule has 0 saturated carbocycles. The van der Waals surface area contributed by atoms with E-state index in [1.54, 1.807) is 17.4 Å². The van der Waals surface area contributed by atoms with Gasteiger partial charge in [-0.25, -0.2) is 4.39 Å². The minimum Gasteiger partial charge on any atom is -0.384 e. The number of aliphatic hydroxyl groups is 1. The van der Waals surface area contributed by atoms with E-state index < -0.39 is 6.10 Å². The van der Waals surface area contributed by atoms with Crippen LogP contribution in [0, 0.1) is 5.82 Å². The topological polar surface area (TPSA) is 20.2 Å². The summed E-state index contributed by atoms with van der Waals surface area (Å²) in [6.07, 6.45) is -0.721. The Labute approximate surface area is 120 Å². The second-order valence-corrected chi connectivity index (χ2v) is 5.80. The number of halogens is 1. The van der Waals surface area contributed by atoms with Gasteiger partial charge in [0.1, 0.15) is 11.9 Å². The molecule has 3 aromatic rings. The molecule has 0 fully saturated rings. The predicted molar refractivity (Wildman–Crippen MR) is 79.2 cm³/mol. The molecule has 98 valence electrons. The lowest BCUT2D eigenvalue weighted by Crippen LogP contribution is -2.01. The Morgan fingerprint density at radius 1 is 0.900 bits per heavy atom. The summed E-state index contributed by atoms with van der Waals surface area (Å²) >= 11 is 1.62. The SMILES string of the molecule is OC1c2ccc(F)cc2-c2ccsc2-c2ccccc21. The number of hydrogen-bond acceptors (Lipinski definition) is 2. The summed E-state index contributed by atoms with van der Waals surface area (Å²) in [5, 5.41) is 12.7. The first-order chi connectivity index (χ1) is 9.75. The monoisotopic (exact) mass is 282 g/mol. The van der Waals surface area contributed by atoms with Crippen LogP contribution in [0.15, 0.2) is 53.9 Å². The Morgan fingerprint density at radius 2 is 1.70 bits per heavy atom. The summed E-state index contributed by atoms with van der Waals surface area (Å²) in [7, 11) is 0. The number of hydrogen-bond donors (Lipinski definition) is 1. The van der Waals surface area contributed by atoms with E-state index in [0.717, 1.165) is 32.7 Å². The van der Waals surface area contributed by atoms with E-state index in [0.29, 0.717) is 0 Å². The van der Waals surface area contributed by atoms with E-state index in [1.807, 2.05) is 35.7 Å². The van der Waals surface area contributed by atoms with Crippen molar-refractivity contribution in [2.24, 2.45) is 0 Å². The van der Waals surface area contributed by atoms with E-state index in [2.05, 4.69) is 0 Å². The first-order valence-corrected chi connectivity index (χ1v) is 7.28. The van der Waals surface area contributed by atoms with E-state index in [9.17, 15) is 9.50 Å². The second-order valence-electron chi connectivity index (χ2n) is 4.88. The van der Waals surface area contributed by atoms with Crippen LogP contribution in [0.1, 0.15) is 17.2 Å². The van der Waals surface area contributed by atoms with Gasteiger partial charge < -0.3 is 5.11 Å². The second kappa shape index (κ2) is 4.27. The van der Waals surface area contributed by atoms with Gasteiger partial charge in [-0.2, -0.15) is 0 Å². The molecule has 1 aliphatic carbocycles. The quantitative estimate of drug-likeness (QED) is 0.638. The van der Waals surface area contributed by atoms with E-state index in [-0.39, 0.29) is 5.82 Å².